The Kier molecular flexibility index (Phi) is 3.54. The Labute approximate surface area is 109 Å². The Morgan fingerprint density at radius 2 is 2.22 bits per heavy atom. The molecule has 0 amide bonds. The van der Waals surface area contributed by atoms with Crippen molar-refractivity contribution in [2.24, 2.45) is 7.05 Å². The van der Waals surface area contributed by atoms with Crippen molar-refractivity contribution in [1.82, 2.24) is 9.78 Å². The van der Waals surface area contributed by atoms with Crippen molar-refractivity contribution >= 4 is 11.6 Å². The van der Waals surface area contributed by atoms with Crippen molar-refractivity contribution < 1.29 is 14.2 Å². The minimum absolute atomic E-state index is 0.127. The molecule has 1 atom stereocenters. The van der Waals surface area contributed by atoms with E-state index in [2.05, 4.69) is 5.10 Å². The topological polar surface area (TPSA) is 47.3 Å². The highest BCUT2D eigenvalue weighted by Crippen LogP contribution is 2.29. The zero-order valence-electron chi connectivity index (χ0n) is 9.89. The zero-order valence-corrected chi connectivity index (χ0v) is 10.6. The van der Waals surface area contributed by atoms with Gasteiger partial charge in [0.15, 0.2) is 11.6 Å². The maximum Gasteiger partial charge on any atom is 0.165 e. The van der Waals surface area contributed by atoms with Crippen LogP contribution in [0.3, 0.4) is 0 Å². The molecule has 4 nitrogen and oxygen atoms in total. The highest BCUT2D eigenvalue weighted by molar-refractivity contribution is 6.31. The van der Waals surface area contributed by atoms with Gasteiger partial charge in [-0.25, -0.2) is 4.39 Å². The van der Waals surface area contributed by atoms with Crippen LogP contribution < -0.4 is 4.74 Å². The molecule has 0 radical (unpaired) electrons. The van der Waals surface area contributed by atoms with E-state index >= 15 is 0 Å². The molecule has 0 aliphatic rings. The number of aromatic nitrogens is 2. The van der Waals surface area contributed by atoms with Gasteiger partial charge in [0.05, 0.1) is 24.0 Å². The highest BCUT2D eigenvalue weighted by atomic mass is 35.5. The third-order valence-corrected chi connectivity index (χ3v) is 2.98. The van der Waals surface area contributed by atoms with E-state index in [0.717, 1.165) is 0 Å². The van der Waals surface area contributed by atoms with Gasteiger partial charge in [-0.15, -0.1) is 0 Å². The summed E-state index contributed by atoms with van der Waals surface area (Å²) in [4.78, 5) is 0. The smallest absolute Gasteiger partial charge is 0.165 e. The molecule has 1 heterocycles. The quantitative estimate of drug-likeness (QED) is 0.931. The van der Waals surface area contributed by atoms with E-state index in [1.807, 2.05) is 0 Å². The van der Waals surface area contributed by atoms with Gasteiger partial charge in [0.25, 0.3) is 0 Å². The first-order valence-electron chi connectivity index (χ1n) is 5.23. The van der Waals surface area contributed by atoms with Crippen molar-refractivity contribution in [1.29, 1.82) is 0 Å². The van der Waals surface area contributed by atoms with Gasteiger partial charge in [-0.2, -0.15) is 5.10 Å². The molecule has 96 valence electrons. The Balaban J connectivity index is 2.40. The first-order chi connectivity index (χ1) is 8.54. The Bertz CT molecular complexity index is 552. The fraction of sp³-hybridized carbons (Fsp3) is 0.250. The maximum absolute atomic E-state index is 13.6. The molecule has 0 fully saturated rings. The van der Waals surface area contributed by atoms with Crippen LogP contribution in [0.25, 0.3) is 0 Å². The number of nitrogens with zero attached hydrogens (tertiary/aromatic N) is 2. The lowest BCUT2D eigenvalue weighted by Crippen LogP contribution is -2.07. The molecular formula is C12H12ClFN2O2. The average Bonchev–Trinajstić information content (AvgIpc) is 2.68. The van der Waals surface area contributed by atoms with Gasteiger partial charge in [0.2, 0.25) is 0 Å². The van der Waals surface area contributed by atoms with Crippen molar-refractivity contribution in [2.45, 2.75) is 6.10 Å². The minimum Gasteiger partial charge on any atom is -0.494 e. The van der Waals surface area contributed by atoms with Crippen LogP contribution in [0.2, 0.25) is 5.02 Å². The molecule has 0 spiro atoms. The molecular weight excluding hydrogens is 259 g/mol. The second-order valence-electron chi connectivity index (χ2n) is 3.80. The number of hydrogen-bond acceptors (Lipinski definition) is 3. The molecule has 2 rings (SSSR count). The van der Waals surface area contributed by atoms with E-state index in [4.69, 9.17) is 16.3 Å². The molecule has 1 unspecified atom stereocenters. The third kappa shape index (κ3) is 2.19. The highest BCUT2D eigenvalue weighted by Gasteiger charge is 2.19. The second kappa shape index (κ2) is 4.96. The Morgan fingerprint density at radius 3 is 2.72 bits per heavy atom. The summed E-state index contributed by atoms with van der Waals surface area (Å²) >= 11 is 5.93. The standard InChI is InChI=1S/C12H12ClFN2O2/c1-16-11(8(13)6-15-16)12(17)7-3-4-10(18-2)9(14)5-7/h3-6,12,17H,1-2H3. The summed E-state index contributed by atoms with van der Waals surface area (Å²) in [6, 6.07) is 4.25. The number of aryl methyl sites for hydroxylation is 1. The van der Waals surface area contributed by atoms with Crippen LogP contribution in [0.5, 0.6) is 5.75 Å². The fourth-order valence-corrected chi connectivity index (χ4v) is 2.01. The predicted molar refractivity (Wildman–Crippen MR) is 65.2 cm³/mol. The third-order valence-electron chi connectivity index (χ3n) is 2.69. The largest absolute Gasteiger partial charge is 0.494 e. The molecule has 0 bridgehead atoms. The number of aliphatic hydroxyl groups excluding tert-OH is 1. The van der Waals surface area contributed by atoms with Crippen LogP contribution in [0.1, 0.15) is 17.4 Å². The lowest BCUT2D eigenvalue weighted by atomic mass is 10.1. The molecule has 0 saturated heterocycles. The average molecular weight is 271 g/mol. The molecule has 0 aliphatic carbocycles. The first-order valence-corrected chi connectivity index (χ1v) is 5.61. The summed E-state index contributed by atoms with van der Waals surface area (Å²) in [7, 11) is 3.04. The van der Waals surface area contributed by atoms with E-state index in [1.165, 1.54) is 30.1 Å². The molecule has 2 aromatic rings. The molecule has 0 aliphatic heterocycles. The number of benzene rings is 1. The normalized spacial score (nSPS) is 12.5. The van der Waals surface area contributed by atoms with Gasteiger partial charge in [0, 0.05) is 7.05 Å². The van der Waals surface area contributed by atoms with E-state index in [0.29, 0.717) is 16.3 Å². The Morgan fingerprint density at radius 1 is 1.50 bits per heavy atom. The van der Waals surface area contributed by atoms with Crippen molar-refractivity contribution in [3.8, 4) is 5.75 Å². The number of aliphatic hydroxyl groups is 1. The van der Waals surface area contributed by atoms with E-state index in [-0.39, 0.29) is 5.75 Å². The van der Waals surface area contributed by atoms with Crippen molar-refractivity contribution in [3.05, 3.63) is 46.5 Å². The van der Waals surface area contributed by atoms with Crippen molar-refractivity contribution in [3.63, 3.8) is 0 Å². The van der Waals surface area contributed by atoms with Gasteiger partial charge >= 0.3 is 0 Å². The molecule has 1 aromatic carbocycles. The zero-order chi connectivity index (χ0) is 13.3. The number of rotatable bonds is 3. The van der Waals surface area contributed by atoms with Gasteiger partial charge in [0.1, 0.15) is 6.10 Å². The van der Waals surface area contributed by atoms with E-state index in [1.54, 1.807) is 13.1 Å². The van der Waals surface area contributed by atoms with Crippen LogP contribution in [-0.2, 0) is 7.05 Å². The van der Waals surface area contributed by atoms with Crippen LogP contribution in [-0.4, -0.2) is 22.0 Å². The molecule has 1 aromatic heterocycles. The van der Waals surface area contributed by atoms with E-state index < -0.39 is 11.9 Å². The number of ether oxygens (including phenoxy) is 1. The van der Waals surface area contributed by atoms with Crippen LogP contribution in [0.15, 0.2) is 24.4 Å². The lowest BCUT2D eigenvalue weighted by Gasteiger charge is -2.13. The maximum atomic E-state index is 13.6. The van der Waals surface area contributed by atoms with Crippen LogP contribution >= 0.6 is 11.6 Å². The van der Waals surface area contributed by atoms with Gasteiger partial charge < -0.3 is 9.84 Å². The number of halogens is 2. The summed E-state index contributed by atoms with van der Waals surface area (Å²) in [6.45, 7) is 0. The SMILES string of the molecule is COc1ccc(C(O)c2c(Cl)cnn2C)cc1F. The fourth-order valence-electron chi connectivity index (χ4n) is 1.74. The monoisotopic (exact) mass is 270 g/mol. The molecule has 18 heavy (non-hydrogen) atoms. The van der Waals surface area contributed by atoms with Gasteiger partial charge in [-0.1, -0.05) is 17.7 Å². The van der Waals surface area contributed by atoms with Gasteiger partial charge in [-0.05, 0) is 17.7 Å². The van der Waals surface area contributed by atoms with E-state index in [9.17, 15) is 9.50 Å². The summed E-state index contributed by atoms with van der Waals surface area (Å²) in [5.74, 6) is -0.408. The molecule has 1 N–H and O–H groups in total. The summed E-state index contributed by atoms with van der Waals surface area (Å²) in [5.41, 5.74) is 0.806. The van der Waals surface area contributed by atoms with Crippen molar-refractivity contribution in [2.75, 3.05) is 7.11 Å². The molecule has 0 saturated carbocycles. The van der Waals surface area contributed by atoms with Gasteiger partial charge in [-0.3, -0.25) is 4.68 Å². The molecule has 6 heteroatoms. The summed E-state index contributed by atoms with van der Waals surface area (Å²) in [5, 5.41) is 14.4. The summed E-state index contributed by atoms with van der Waals surface area (Å²) < 4.78 is 19.8. The van der Waals surface area contributed by atoms with Crippen LogP contribution in [0.4, 0.5) is 4.39 Å². The Hall–Kier alpha value is -1.59. The second-order valence-corrected chi connectivity index (χ2v) is 4.21. The predicted octanol–water partition coefficient (Wildman–Crippen LogP) is 2.30. The first kappa shape index (κ1) is 12.9. The number of hydrogen-bond donors (Lipinski definition) is 1. The lowest BCUT2D eigenvalue weighted by molar-refractivity contribution is 0.209. The number of methoxy groups -OCH3 is 1. The van der Waals surface area contributed by atoms with Crippen LogP contribution in [0, 0.1) is 5.82 Å². The summed E-state index contributed by atoms with van der Waals surface area (Å²) in [6.07, 6.45) is 0.394. The minimum atomic E-state index is -1.04.